The van der Waals surface area contributed by atoms with Gasteiger partial charge in [0.25, 0.3) is 5.56 Å². The first-order chi connectivity index (χ1) is 11.3. The minimum atomic E-state index is -0.303. The second-order valence-electron chi connectivity index (χ2n) is 6.83. The Morgan fingerprint density at radius 3 is 2.88 bits per heavy atom. The van der Waals surface area contributed by atoms with Crippen LogP contribution in [0, 0.1) is 5.92 Å². The Kier molecular flexibility index (Phi) is 5.01. The quantitative estimate of drug-likeness (QED) is 0.645. The molecule has 0 aliphatic heterocycles. The minimum Gasteiger partial charge on any atom is -0.353 e. The number of hydrogen-bond acceptors (Lipinski definition) is 5. The molecule has 1 aliphatic carbocycles. The number of carbonyl (C=O) groups excluding carboxylic acids is 1. The Labute approximate surface area is 149 Å². The van der Waals surface area contributed by atoms with Crippen molar-refractivity contribution in [3.05, 3.63) is 20.8 Å². The van der Waals surface area contributed by atoms with E-state index in [0.717, 1.165) is 29.5 Å². The highest BCUT2D eigenvalue weighted by Crippen LogP contribution is 2.36. The van der Waals surface area contributed by atoms with Gasteiger partial charge in [0.05, 0.1) is 10.6 Å². The van der Waals surface area contributed by atoms with E-state index in [4.69, 9.17) is 0 Å². The zero-order chi connectivity index (χ0) is 17.4. The molecule has 2 heterocycles. The van der Waals surface area contributed by atoms with Gasteiger partial charge in [-0.25, -0.2) is 4.98 Å². The number of hydrogen-bond donors (Lipinski definition) is 2. The SMILES string of the molecule is CC(C)NC(=O)[C@H](C)Sc1nc2sc3c(c2c(=O)[nH]1)CC[C@@H](C)C3. The van der Waals surface area contributed by atoms with E-state index in [-0.39, 0.29) is 22.8 Å². The van der Waals surface area contributed by atoms with Gasteiger partial charge in [-0.05, 0) is 51.5 Å². The van der Waals surface area contributed by atoms with E-state index < -0.39 is 0 Å². The van der Waals surface area contributed by atoms with Crippen LogP contribution in [0.1, 0.15) is 44.6 Å². The Bertz CT molecular complexity index is 825. The molecule has 2 atom stereocenters. The minimum absolute atomic E-state index is 0.0444. The number of nitrogens with zero attached hydrogens (tertiary/aromatic N) is 1. The van der Waals surface area contributed by atoms with E-state index in [1.54, 1.807) is 11.3 Å². The van der Waals surface area contributed by atoms with Gasteiger partial charge in [0.2, 0.25) is 5.91 Å². The van der Waals surface area contributed by atoms with E-state index in [1.807, 2.05) is 20.8 Å². The van der Waals surface area contributed by atoms with Gasteiger partial charge in [0, 0.05) is 10.9 Å². The smallest absolute Gasteiger partial charge is 0.260 e. The number of H-pyrrole nitrogens is 1. The van der Waals surface area contributed by atoms with Crippen molar-refractivity contribution in [2.75, 3.05) is 0 Å². The summed E-state index contributed by atoms with van der Waals surface area (Å²) in [5.41, 5.74) is 1.11. The molecule has 0 saturated heterocycles. The lowest BCUT2D eigenvalue weighted by Gasteiger charge is -2.17. The van der Waals surface area contributed by atoms with E-state index in [1.165, 1.54) is 22.2 Å². The van der Waals surface area contributed by atoms with E-state index in [2.05, 4.69) is 22.2 Å². The highest BCUT2D eigenvalue weighted by Gasteiger charge is 2.24. The molecule has 0 bridgehead atoms. The van der Waals surface area contributed by atoms with Gasteiger partial charge in [-0.1, -0.05) is 18.7 Å². The molecule has 1 amide bonds. The summed E-state index contributed by atoms with van der Waals surface area (Å²) in [6.07, 6.45) is 3.12. The number of aromatic amines is 1. The van der Waals surface area contributed by atoms with E-state index in [0.29, 0.717) is 11.1 Å². The summed E-state index contributed by atoms with van der Waals surface area (Å²) in [6, 6.07) is 0.0982. The number of thioether (sulfide) groups is 1. The van der Waals surface area contributed by atoms with Crippen molar-refractivity contribution in [3.8, 4) is 0 Å². The zero-order valence-corrected chi connectivity index (χ0v) is 16.1. The van der Waals surface area contributed by atoms with Crippen molar-refractivity contribution < 1.29 is 4.79 Å². The standard InChI is InChI=1S/C17H23N3O2S2/c1-8(2)18-14(21)10(4)23-17-19-15(22)13-11-6-5-9(3)7-12(11)24-16(13)20-17/h8-10H,5-7H2,1-4H3,(H,18,21)(H,19,20,22)/t9-,10+/m1/s1. The van der Waals surface area contributed by atoms with Gasteiger partial charge >= 0.3 is 0 Å². The lowest BCUT2D eigenvalue weighted by molar-refractivity contribution is -0.120. The van der Waals surface area contributed by atoms with Crippen LogP contribution in [0.25, 0.3) is 10.2 Å². The van der Waals surface area contributed by atoms with Crippen LogP contribution in [-0.4, -0.2) is 27.2 Å². The van der Waals surface area contributed by atoms with E-state index >= 15 is 0 Å². The maximum absolute atomic E-state index is 12.5. The van der Waals surface area contributed by atoms with Gasteiger partial charge in [-0.15, -0.1) is 11.3 Å². The molecule has 2 aromatic rings. The van der Waals surface area contributed by atoms with Gasteiger partial charge in [0.15, 0.2) is 5.16 Å². The van der Waals surface area contributed by atoms with Crippen LogP contribution in [0.4, 0.5) is 0 Å². The number of aromatic nitrogens is 2. The lowest BCUT2D eigenvalue weighted by Crippen LogP contribution is -2.36. The van der Waals surface area contributed by atoms with Crippen LogP contribution in [0.3, 0.4) is 0 Å². The van der Waals surface area contributed by atoms with Crippen molar-refractivity contribution in [3.63, 3.8) is 0 Å². The summed E-state index contributed by atoms with van der Waals surface area (Å²) >= 11 is 2.93. The van der Waals surface area contributed by atoms with Crippen LogP contribution in [0.15, 0.2) is 9.95 Å². The molecule has 0 fully saturated rings. The fourth-order valence-electron chi connectivity index (χ4n) is 3.01. The molecule has 3 rings (SSSR count). The molecule has 0 unspecified atom stereocenters. The molecule has 0 radical (unpaired) electrons. The van der Waals surface area contributed by atoms with Gasteiger partial charge in [-0.3, -0.25) is 9.59 Å². The molecule has 0 spiro atoms. The summed E-state index contributed by atoms with van der Waals surface area (Å²) in [5, 5.41) is 3.85. The van der Waals surface area contributed by atoms with Crippen LogP contribution < -0.4 is 10.9 Å². The monoisotopic (exact) mass is 365 g/mol. The third-order valence-electron chi connectivity index (χ3n) is 4.23. The zero-order valence-electron chi connectivity index (χ0n) is 14.4. The second-order valence-corrected chi connectivity index (χ2v) is 9.24. The Morgan fingerprint density at radius 1 is 1.42 bits per heavy atom. The van der Waals surface area contributed by atoms with Crippen molar-refractivity contribution in [1.29, 1.82) is 0 Å². The molecule has 2 aromatic heterocycles. The lowest BCUT2D eigenvalue weighted by atomic mass is 9.89. The normalized spacial score (nSPS) is 18.6. The summed E-state index contributed by atoms with van der Waals surface area (Å²) in [7, 11) is 0. The Balaban J connectivity index is 1.89. The van der Waals surface area contributed by atoms with Gasteiger partial charge in [0.1, 0.15) is 4.83 Å². The average Bonchev–Trinajstić information content (AvgIpc) is 2.83. The predicted octanol–water partition coefficient (Wildman–Crippen LogP) is 3.11. The first-order valence-electron chi connectivity index (χ1n) is 8.36. The molecule has 2 N–H and O–H groups in total. The number of amides is 1. The number of thiophene rings is 1. The molecule has 130 valence electrons. The number of carbonyl (C=O) groups is 1. The van der Waals surface area contributed by atoms with Crippen LogP contribution >= 0.6 is 23.1 Å². The third kappa shape index (κ3) is 3.52. The van der Waals surface area contributed by atoms with Crippen molar-refractivity contribution in [1.82, 2.24) is 15.3 Å². The fraction of sp³-hybridized carbons (Fsp3) is 0.588. The largest absolute Gasteiger partial charge is 0.353 e. The Morgan fingerprint density at radius 2 is 2.17 bits per heavy atom. The van der Waals surface area contributed by atoms with Crippen molar-refractivity contribution >= 4 is 39.2 Å². The summed E-state index contributed by atoms with van der Waals surface area (Å²) < 4.78 is 0. The van der Waals surface area contributed by atoms with Gasteiger partial charge in [-0.2, -0.15) is 0 Å². The molecule has 0 aromatic carbocycles. The number of fused-ring (bicyclic) bond motifs is 3. The van der Waals surface area contributed by atoms with Crippen LogP contribution in [-0.2, 0) is 17.6 Å². The average molecular weight is 366 g/mol. The maximum Gasteiger partial charge on any atom is 0.260 e. The molecule has 5 nitrogen and oxygen atoms in total. The Hall–Kier alpha value is -1.34. The predicted molar refractivity (Wildman–Crippen MR) is 100 cm³/mol. The molecular formula is C17H23N3O2S2. The van der Waals surface area contributed by atoms with E-state index in [9.17, 15) is 9.59 Å². The first-order valence-corrected chi connectivity index (χ1v) is 10.1. The third-order valence-corrected chi connectivity index (χ3v) is 6.36. The number of rotatable bonds is 4. The summed E-state index contributed by atoms with van der Waals surface area (Å²) in [4.78, 5) is 34.2. The molecule has 7 heteroatoms. The van der Waals surface area contributed by atoms with Crippen molar-refractivity contribution in [2.24, 2.45) is 5.92 Å². The highest BCUT2D eigenvalue weighted by molar-refractivity contribution is 8.00. The number of nitrogens with one attached hydrogen (secondary N) is 2. The number of aryl methyl sites for hydroxylation is 1. The second kappa shape index (κ2) is 6.88. The van der Waals surface area contributed by atoms with Gasteiger partial charge < -0.3 is 10.3 Å². The molecule has 0 saturated carbocycles. The van der Waals surface area contributed by atoms with Crippen LogP contribution in [0.5, 0.6) is 0 Å². The topological polar surface area (TPSA) is 74.8 Å². The summed E-state index contributed by atoms with van der Waals surface area (Å²) in [6.45, 7) is 7.94. The fourth-order valence-corrected chi connectivity index (χ4v) is 5.25. The maximum atomic E-state index is 12.5. The molecular weight excluding hydrogens is 342 g/mol. The first kappa shape index (κ1) is 17.5. The molecule has 24 heavy (non-hydrogen) atoms. The summed E-state index contributed by atoms with van der Waals surface area (Å²) in [5.74, 6) is 0.621. The highest BCUT2D eigenvalue weighted by atomic mass is 32.2. The van der Waals surface area contributed by atoms with Crippen LogP contribution in [0.2, 0.25) is 0 Å². The molecule has 1 aliphatic rings. The van der Waals surface area contributed by atoms with Crippen molar-refractivity contribution in [2.45, 2.75) is 63.4 Å².